The standard InChI is InChI=1S/C25H26N2O5/c1-15(27-23(29)21-22(28)20(31-3)11-14-26-21)24(30)32-16(2)25(12-13-25)19-10-6-8-17-7-4-5-9-18(17)19/h4-11,14-16,28H,12-13H2,1-3H3,(H,27,29). The van der Waals surface area contributed by atoms with Gasteiger partial charge in [0, 0.05) is 17.7 Å². The van der Waals surface area contributed by atoms with Gasteiger partial charge in [-0.3, -0.25) is 4.79 Å². The Hall–Kier alpha value is -3.61. The number of nitrogens with one attached hydrogen (secondary N) is 1. The molecule has 4 rings (SSSR count). The van der Waals surface area contributed by atoms with Crippen molar-refractivity contribution in [1.82, 2.24) is 10.3 Å². The highest BCUT2D eigenvalue weighted by Gasteiger charge is 2.51. The van der Waals surface area contributed by atoms with Crippen molar-refractivity contribution < 1.29 is 24.2 Å². The molecule has 32 heavy (non-hydrogen) atoms. The molecule has 1 aromatic heterocycles. The molecule has 2 unspecified atom stereocenters. The first-order valence-electron chi connectivity index (χ1n) is 10.6. The van der Waals surface area contributed by atoms with Crippen LogP contribution in [0.2, 0.25) is 0 Å². The first-order valence-corrected chi connectivity index (χ1v) is 10.6. The van der Waals surface area contributed by atoms with Crippen molar-refractivity contribution in [2.45, 2.75) is 44.2 Å². The van der Waals surface area contributed by atoms with Crippen LogP contribution in [0, 0.1) is 0 Å². The minimum atomic E-state index is -0.916. The Bertz CT molecular complexity index is 1170. The maximum atomic E-state index is 12.8. The predicted octanol–water partition coefficient (Wildman–Crippen LogP) is 3.73. The van der Waals surface area contributed by atoms with Crippen LogP contribution < -0.4 is 10.1 Å². The zero-order valence-electron chi connectivity index (χ0n) is 18.3. The van der Waals surface area contributed by atoms with Crippen molar-refractivity contribution in [3.8, 4) is 11.5 Å². The fourth-order valence-electron chi connectivity index (χ4n) is 4.17. The first-order chi connectivity index (χ1) is 15.4. The Morgan fingerprint density at radius 2 is 1.81 bits per heavy atom. The van der Waals surface area contributed by atoms with Crippen molar-refractivity contribution in [1.29, 1.82) is 0 Å². The average molecular weight is 434 g/mol. The SMILES string of the molecule is COc1ccnc(C(=O)NC(C)C(=O)OC(C)C2(c3cccc4ccccc34)CC2)c1O. The Labute approximate surface area is 186 Å². The van der Waals surface area contributed by atoms with Gasteiger partial charge < -0.3 is 19.9 Å². The molecule has 1 saturated carbocycles. The molecule has 2 aromatic carbocycles. The number of nitrogens with zero attached hydrogens (tertiary/aromatic N) is 1. The van der Waals surface area contributed by atoms with Gasteiger partial charge in [-0.15, -0.1) is 0 Å². The molecule has 2 atom stereocenters. The molecule has 3 aromatic rings. The highest BCUT2D eigenvalue weighted by atomic mass is 16.5. The number of hydrogen-bond acceptors (Lipinski definition) is 6. The number of carbonyl (C=O) groups is 2. The summed E-state index contributed by atoms with van der Waals surface area (Å²) in [6.07, 6.45) is 2.85. The van der Waals surface area contributed by atoms with Gasteiger partial charge in [0.25, 0.3) is 5.91 Å². The molecule has 1 aliphatic carbocycles. The van der Waals surface area contributed by atoms with E-state index in [4.69, 9.17) is 9.47 Å². The number of esters is 1. The predicted molar refractivity (Wildman–Crippen MR) is 120 cm³/mol. The molecule has 7 heteroatoms. The van der Waals surface area contributed by atoms with E-state index in [1.54, 1.807) is 6.92 Å². The summed E-state index contributed by atoms with van der Waals surface area (Å²) in [6, 6.07) is 14.9. The lowest BCUT2D eigenvalue weighted by Gasteiger charge is -2.27. The second-order valence-electron chi connectivity index (χ2n) is 8.17. The lowest BCUT2D eigenvalue weighted by Crippen LogP contribution is -2.42. The summed E-state index contributed by atoms with van der Waals surface area (Å²) in [7, 11) is 1.38. The molecule has 1 fully saturated rings. The van der Waals surface area contributed by atoms with Gasteiger partial charge in [0.05, 0.1) is 7.11 Å². The summed E-state index contributed by atoms with van der Waals surface area (Å²) in [4.78, 5) is 29.2. The Balaban J connectivity index is 1.46. The maximum Gasteiger partial charge on any atom is 0.328 e. The van der Waals surface area contributed by atoms with Crippen LogP contribution in [0.1, 0.15) is 42.7 Å². The third-order valence-corrected chi connectivity index (χ3v) is 6.21. The third kappa shape index (κ3) is 3.86. The highest BCUT2D eigenvalue weighted by Crippen LogP contribution is 2.53. The number of benzene rings is 2. The molecule has 1 amide bonds. The van der Waals surface area contributed by atoms with Crippen molar-refractivity contribution >= 4 is 22.6 Å². The number of ether oxygens (including phenoxy) is 2. The van der Waals surface area contributed by atoms with Crippen LogP contribution in [0.25, 0.3) is 10.8 Å². The molecule has 166 valence electrons. The van der Waals surface area contributed by atoms with Crippen LogP contribution in [0.15, 0.2) is 54.7 Å². The molecule has 1 aliphatic rings. The lowest BCUT2D eigenvalue weighted by atomic mass is 9.87. The van der Waals surface area contributed by atoms with Crippen LogP contribution in [-0.2, 0) is 14.9 Å². The fraction of sp³-hybridized carbons (Fsp3) is 0.320. The number of aromatic hydroxyl groups is 1. The summed E-state index contributed by atoms with van der Waals surface area (Å²) in [5, 5.41) is 15.0. The minimum Gasteiger partial charge on any atom is -0.503 e. The molecule has 0 radical (unpaired) electrons. The summed E-state index contributed by atoms with van der Waals surface area (Å²) >= 11 is 0. The van der Waals surface area contributed by atoms with Gasteiger partial charge in [-0.25, -0.2) is 9.78 Å². The Morgan fingerprint density at radius 1 is 1.09 bits per heavy atom. The second-order valence-corrected chi connectivity index (χ2v) is 8.17. The summed E-state index contributed by atoms with van der Waals surface area (Å²) in [5.41, 5.74) is 0.733. The van der Waals surface area contributed by atoms with Crippen molar-refractivity contribution in [3.63, 3.8) is 0 Å². The molecule has 0 bridgehead atoms. The van der Waals surface area contributed by atoms with Crippen molar-refractivity contribution in [2.24, 2.45) is 0 Å². The summed E-state index contributed by atoms with van der Waals surface area (Å²) < 4.78 is 10.8. The van der Waals surface area contributed by atoms with Crippen molar-refractivity contribution in [3.05, 3.63) is 66.0 Å². The molecular weight excluding hydrogens is 408 g/mol. The number of rotatable bonds is 7. The van der Waals surface area contributed by atoms with E-state index in [-0.39, 0.29) is 28.7 Å². The van der Waals surface area contributed by atoms with Crippen LogP contribution in [0.5, 0.6) is 11.5 Å². The van der Waals surface area contributed by atoms with E-state index >= 15 is 0 Å². The molecule has 1 heterocycles. The number of carbonyl (C=O) groups excluding carboxylic acids is 2. The second kappa shape index (κ2) is 8.49. The quantitative estimate of drug-likeness (QED) is 0.550. The number of methoxy groups -OCH3 is 1. The van der Waals surface area contributed by atoms with Crippen LogP contribution in [0.4, 0.5) is 0 Å². The smallest absolute Gasteiger partial charge is 0.328 e. The molecule has 0 spiro atoms. The van der Waals surface area contributed by atoms with Gasteiger partial charge in [0.1, 0.15) is 12.1 Å². The largest absolute Gasteiger partial charge is 0.503 e. The topological polar surface area (TPSA) is 97.8 Å². The zero-order chi connectivity index (χ0) is 22.9. The average Bonchev–Trinajstić information content (AvgIpc) is 3.60. The van der Waals surface area contributed by atoms with E-state index in [0.29, 0.717) is 0 Å². The van der Waals surface area contributed by atoms with E-state index in [1.807, 2.05) is 25.1 Å². The zero-order valence-corrected chi connectivity index (χ0v) is 18.3. The molecular formula is C25H26N2O5. The van der Waals surface area contributed by atoms with Crippen molar-refractivity contribution in [2.75, 3.05) is 7.11 Å². The van der Waals surface area contributed by atoms with Crippen LogP contribution >= 0.6 is 0 Å². The van der Waals surface area contributed by atoms with E-state index in [0.717, 1.165) is 23.6 Å². The number of aromatic nitrogens is 1. The third-order valence-electron chi connectivity index (χ3n) is 6.21. The minimum absolute atomic E-state index is 0.125. The number of pyridine rings is 1. The van der Waals surface area contributed by atoms with Gasteiger partial charge in [0.2, 0.25) is 0 Å². The van der Waals surface area contributed by atoms with Gasteiger partial charge in [-0.05, 0) is 43.0 Å². The lowest BCUT2D eigenvalue weighted by molar-refractivity contribution is -0.151. The van der Waals surface area contributed by atoms with Gasteiger partial charge in [0.15, 0.2) is 17.2 Å². The van der Waals surface area contributed by atoms with Gasteiger partial charge in [-0.2, -0.15) is 0 Å². The number of hydrogen-bond donors (Lipinski definition) is 2. The number of amides is 1. The van der Waals surface area contributed by atoms with E-state index in [2.05, 4.69) is 34.6 Å². The summed E-state index contributed by atoms with van der Waals surface area (Å²) in [6.45, 7) is 3.44. The number of fused-ring (bicyclic) bond motifs is 1. The Morgan fingerprint density at radius 3 is 2.53 bits per heavy atom. The van der Waals surface area contributed by atoms with Crippen LogP contribution in [0.3, 0.4) is 0 Å². The maximum absolute atomic E-state index is 12.8. The molecule has 2 N–H and O–H groups in total. The molecule has 0 saturated heterocycles. The Kier molecular flexibility index (Phi) is 5.74. The van der Waals surface area contributed by atoms with Gasteiger partial charge in [-0.1, -0.05) is 42.5 Å². The van der Waals surface area contributed by atoms with Gasteiger partial charge >= 0.3 is 5.97 Å². The highest BCUT2D eigenvalue weighted by molar-refractivity contribution is 5.97. The molecule has 7 nitrogen and oxygen atoms in total. The first kappa shape index (κ1) is 21.6. The summed E-state index contributed by atoms with van der Waals surface area (Å²) in [5.74, 6) is -1.48. The molecule has 0 aliphatic heterocycles. The van der Waals surface area contributed by atoms with E-state index < -0.39 is 17.9 Å². The van der Waals surface area contributed by atoms with Crippen LogP contribution in [-0.4, -0.2) is 41.2 Å². The normalized spacial score (nSPS) is 16.1. The monoisotopic (exact) mass is 434 g/mol. The van der Waals surface area contributed by atoms with E-state index in [1.165, 1.54) is 24.9 Å². The fourth-order valence-corrected chi connectivity index (χ4v) is 4.17. The van der Waals surface area contributed by atoms with E-state index in [9.17, 15) is 14.7 Å².